The van der Waals surface area contributed by atoms with Crippen LogP contribution in [-0.2, 0) is 6.18 Å². The van der Waals surface area contributed by atoms with Crippen molar-refractivity contribution in [1.82, 2.24) is 9.97 Å². The highest BCUT2D eigenvalue weighted by Gasteiger charge is 2.32. The molecule has 0 saturated carbocycles. The van der Waals surface area contributed by atoms with Crippen LogP contribution in [0.2, 0.25) is 0 Å². The lowest BCUT2D eigenvalue weighted by Crippen LogP contribution is -2.25. The van der Waals surface area contributed by atoms with Crippen LogP contribution in [0.25, 0.3) is 0 Å². The van der Waals surface area contributed by atoms with Crippen LogP contribution in [0, 0.1) is 5.41 Å². The number of alkyl halides is 4. The normalized spacial score (nSPS) is 12.6. The van der Waals surface area contributed by atoms with Crippen LogP contribution < -0.4 is 5.32 Å². The summed E-state index contributed by atoms with van der Waals surface area (Å²) < 4.78 is 37.1. The summed E-state index contributed by atoms with van der Waals surface area (Å²) in [6, 6.07) is 0.831. The predicted molar refractivity (Wildman–Crippen MR) is 60.0 cm³/mol. The second kappa shape index (κ2) is 5.08. The lowest BCUT2D eigenvalue weighted by molar-refractivity contribution is -0.141. The Balaban J connectivity index is 2.74. The third-order valence-electron chi connectivity index (χ3n) is 2.03. The molecule has 0 fully saturated rings. The number of hydrogen-bond acceptors (Lipinski definition) is 3. The molecule has 3 nitrogen and oxygen atoms in total. The molecular weight excluding hydrogens is 255 g/mol. The second-order valence-corrected chi connectivity index (χ2v) is 4.68. The Morgan fingerprint density at radius 2 is 2.00 bits per heavy atom. The zero-order chi connectivity index (χ0) is 13.1. The standard InChI is InChI=1S/C10H13ClF3N3/c1-9(2,5-11)6-16-8-15-4-3-7(17-8)10(12,13)14/h3-4H,5-6H2,1-2H3,(H,15,16,17). The molecule has 1 heterocycles. The number of hydrogen-bond donors (Lipinski definition) is 1. The van der Waals surface area contributed by atoms with E-state index in [0.717, 1.165) is 12.3 Å². The highest BCUT2D eigenvalue weighted by atomic mass is 35.5. The molecule has 0 radical (unpaired) electrons. The minimum absolute atomic E-state index is 0.0435. The number of aromatic nitrogens is 2. The maximum Gasteiger partial charge on any atom is 0.433 e. The molecule has 17 heavy (non-hydrogen) atoms. The average molecular weight is 268 g/mol. The van der Waals surface area contributed by atoms with E-state index in [1.54, 1.807) is 0 Å². The SMILES string of the molecule is CC(C)(CCl)CNc1nccc(C(F)(F)F)n1. The van der Waals surface area contributed by atoms with Gasteiger partial charge in [0.25, 0.3) is 0 Å². The number of rotatable bonds is 4. The van der Waals surface area contributed by atoms with Gasteiger partial charge in [-0.3, -0.25) is 0 Å². The Labute approximate surface area is 102 Å². The van der Waals surface area contributed by atoms with Gasteiger partial charge >= 0.3 is 6.18 Å². The van der Waals surface area contributed by atoms with Crippen LogP contribution in [0.5, 0.6) is 0 Å². The quantitative estimate of drug-likeness (QED) is 0.852. The molecule has 0 spiro atoms. The summed E-state index contributed by atoms with van der Waals surface area (Å²) in [7, 11) is 0. The Bertz CT molecular complexity index is 379. The molecule has 1 rings (SSSR count). The van der Waals surface area contributed by atoms with Gasteiger partial charge in [-0.05, 0) is 11.5 Å². The van der Waals surface area contributed by atoms with Crippen molar-refractivity contribution in [3.05, 3.63) is 18.0 Å². The first-order chi connectivity index (χ1) is 7.74. The van der Waals surface area contributed by atoms with Gasteiger partial charge < -0.3 is 5.32 Å². The lowest BCUT2D eigenvalue weighted by Gasteiger charge is -2.21. The van der Waals surface area contributed by atoms with Crippen LogP contribution >= 0.6 is 11.6 Å². The summed E-state index contributed by atoms with van der Waals surface area (Å²) in [4.78, 5) is 7.12. The van der Waals surface area contributed by atoms with E-state index in [1.165, 1.54) is 0 Å². The fraction of sp³-hybridized carbons (Fsp3) is 0.600. The monoisotopic (exact) mass is 267 g/mol. The molecule has 0 unspecified atom stereocenters. The highest BCUT2D eigenvalue weighted by Crippen LogP contribution is 2.27. The molecule has 1 N–H and O–H groups in total. The van der Waals surface area contributed by atoms with E-state index in [1.807, 2.05) is 13.8 Å². The first-order valence-electron chi connectivity index (χ1n) is 4.95. The van der Waals surface area contributed by atoms with Crippen LogP contribution in [-0.4, -0.2) is 22.4 Å². The molecule has 0 aliphatic carbocycles. The van der Waals surface area contributed by atoms with E-state index in [9.17, 15) is 13.2 Å². The summed E-state index contributed by atoms with van der Waals surface area (Å²) >= 11 is 5.70. The van der Waals surface area contributed by atoms with Crippen molar-refractivity contribution in [2.24, 2.45) is 5.41 Å². The van der Waals surface area contributed by atoms with Gasteiger partial charge in [0.1, 0.15) is 5.69 Å². The largest absolute Gasteiger partial charge is 0.433 e. The zero-order valence-corrected chi connectivity index (χ0v) is 10.2. The first kappa shape index (κ1) is 14.0. The fourth-order valence-electron chi connectivity index (χ4n) is 0.967. The average Bonchev–Trinajstić information content (AvgIpc) is 2.26. The van der Waals surface area contributed by atoms with E-state index >= 15 is 0 Å². The molecule has 7 heteroatoms. The molecule has 0 bridgehead atoms. The van der Waals surface area contributed by atoms with Crippen molar-refractivity contribution in [3.63, 3.8) is 0 Å². The maximum absolute atomic E-state index is 12.4. The molecule has 0 saturated heterocycles. The molecule has 0 atom stereocenters. The Hall–Kier alpha value is -1.04. The second-order valence-electron chi connectivity index (χ2n) is 4.41. The molecule has 0 amide bonds. The van der Waals surface area contributed by atoms with Crippen molar-refractivity contribution in [3.8, 4) is 0 Å². The number of anilines is 1. The predicted octanol–water partition coefficient (Wildman–Crippen LogP) is 3.17. The smallest absolute Gasteiger partial charge is 0.354 e. The molecule has 96 valence electrons. The van der Waals surface area contributed by atoms with Crippen molar-refractivity contribution < 1.29 is 13.2 Å². The molecular formula is C10H13ClF3N3. The van der Waals surface area contributed by atoms with Gasteiger partial charge in [-0.25, -0.2) is 9.97 Å². The van der Waals surface area contributed by atoms with Crippen LogP contribution in [0.15, 0.2) is 12.3 Å². The molecule has 0 aromatic carbocycles. The summed E-state index contributed by atoms with van der Waals surface area (Å²) in [6.45, 7) is 4.18. The minimum atomic E-state index is -4.46. The van der Waals surface area contributed by atoms with Crippen LogP contribution in [0.4, 0.5) is 19.1 Å². The van der Waals surface area contributed by atoms with Gasteiger partial charge in [-0.2, -0.15) is 13.2 Å². The van der Waals surface area contributed by atoms with Crippen LogP contribution in [0.1, 0.15) is 19.5 Å². The lowest BCUT2D eigenvalue weighted by atomic mass is 9.97. The van der Waals surface area contributed by atoms with Gasteiger partial charge in [0.15, 0.2) is 0 Å². The van der Waals surface area contributed by atoms with Gasteiger partial charge in [-0.1, -0.05) is 13.8 Å². The summed E-state index contributed by atoms with van der Waals surface area (Å²) in [5.41, 5.74) is -1.20. The summed E-state index contributed by atoms with van der Waals surface area (Å²) in [5.74, 6) is 0.344. The Morgan fingerprint density at radius 3 is 2.53 bits per heavy atom. The highest BCUT2D eigenvalue weighted by molar-refractivity contribution is 6.18. The van der Waals surface area contributed by atoms with Crippen molar-refractivity contribution in [2.45, 2.75) is 20.0 Å². The maximum atomic E-state index is 12.4. The molecule has 0 aliphatic heterocycles. The van der Waals surface area contributed by atoms with Crippen molar-refractivity contribution in [2.75, 3.05) is 17.7 Å². The molecule has 1 aromatic heterocycles. The van der Waals surface area contributed by atoms with Gasteiger partial charge in [0.2, 0.25) is 5.95 Å². The Morgan fingerprint density at radius 1 is 1.35 bits per heavy atom. The van der Waals surface area contributed by atoms with E-state index in [0.29, 0.717) is 12.4 Å². The van der Waals surface area contributed by atoms with Gasteiger partial charge in [-0.15, -0.1) is 11.6 Å². The van der Waals surface area contributed by atoms with E-state index in [-0.39, 0.29) is 11.4 Å². The third-order valence-corrected chi connectivity index (χ3v) is 2.76. The third kappa shape index (κ3) is 4.38. The topological polar surface area (TPSA) is 37.8 Å². The van der Waals surface area contributed by atoms with Crippen molar-refractivity contribution in [1.29, 1.82) is 0 Å². The molecule has 1 aromatic rings. The molecule has 0 aliphatic rings. The van der Waals surface area contributed by atoms with E-state index in [2.05, 4.69) is 15.3 Å². The van der Waals surface area contributed by atoms with Crippen molar-refractivity contribution >= 4 is 17.5 Å². The number of nitrogens with one attached hydrogen (secondary N) is 1. The van der Waals surface area contributed by atoms with E-state index in [4.69, 9.17) is 11.6 Å². The minimum Gasteiger partial charge on any atom is -0.354 e. The zero-order valence-electron chi connectivity index (χ0n) is 9.48. The van der Waals surface area contributed by atoms with Gasteiger partial charge in [0.05, 0.1) is 0 Å². The van der Waals surface area contributed by atoms with Crippen LogP contribution in [0.3, 0.4) is 0 Å². The van der Waals surface area contributed by atoms with Gasteiger partial charge in [0, 0.05) is 18.6 Å². The van der Waals surface area contributed by atoms with E-state index < -0.39 is 11.9 Å². The summed E-state index contributed by atoms with van der Waals surface area (Å²) in [6.07, 6.45) is -3.38. The number of nitrogens with zero attached hydrogens (tertiary/aromatic N) is 2. The Kier molecular flexibility index (Phi) is 4.19. The number of halogens is 4. The fourth-order valence-corrected chi connectivity index (χ4v) is 1.06. The first-order valence-corrected chi connectivity index (χ1v) is 5.48. The summed E-state index contributed by atoms with van der Waals surface area (Å²) in [5, 5.41) is 2.74.